The van der Waals surface area contributed by atoms with Crippen LogP contribution in [0.5, 0.6) is 0 Å². The minimum Gasteiger partial charge on any atom is -0.476 e. The van der Waals surface area contributed by atoms with E-state index in [1.807, 2.05) is 13.8 Å². The summed E-state index contributed by atoms with van der Waals surface area (Å²) in [6, 6.07) is 1.21. The van der Waals surface area contributed by atoms with Gasteiger partial charge in [-0.1, -0.05) is 0 Å². The topological polar surface area (TPSA) is 62.7 Å². The van der Waals surface area contributed by atoms with Gasteiger partial charge in [0.25, 0.3) is 0 Å². The third-order valence-electron chi connectivity index (χ3n) is 2.80. The van der Waals surface area contributed by atoms with Gasteiger partial charge < -0.3 is 14.7 Å². The molecule has 6 heteroatoms. The molecule has 5 nitrogen and oxygen atoms in total. The van der Waals surface area contributed by atoms with E-state index in [-0.39, 0.29) is 17.9 Å². The molecule has 0 radical (unpaired) electrons. The molecule has 0 spiro atoms. The fraction of sp³-hybridized carbons (Fsp3) is 0.500. The maximum Gasteiger partial charge on any atom is 0.356 e. The largest absolute Gasteiger partial charge is 0.476 e. The summed E-state index contributed by atoms with van der Waals surface area (Å²) in [4.78, 5) is 16.5. The number of aromatic nitrogens is 1. The van der Waals surface area contributed by atoms with E-state index in [0.717, 1.165) is 6.20 Å². The molecule has 1 fully saturated rings. The van der Waals surface area contributed by atoms with Crippen LogP contribution < -0.4 is 4.90 Å². The average molecular weight is 254 g/mol. The zero-order chi connectivity index (χ0) is 13.3. The van der Waals surface area contributed by atoms with Crippen molar-refractivity contribution in [1.29, 1.82) is 0 Å². The van der Waals surface area contributed by atoms with E-state index in [0.29, 0.717) is 18.8 Å². The molecule has 18 heavy (non-hydrogen) atoms. The van der Waals surface area contributed by atoms with Gasteiger partial charge in [0.1, 0.15) is 5.82 Å². The van der Waals surface area contributed by atoms with Gasteiger partial charge in [-0.05, 0) is 13.8 Å². The van der Waals surface area contributed by atoms with Crippen LogP contribution in [0.4, 0.5) is 10.1 Å². The Balaban J connectivity index is 2.36. The number of carboxylic acid groups (broad SMARTS) is 1. The molecule has 2 heterocycles. The molecular formula is C12H15FN2O3. The maximum absolute atomic E-state index is 13.2. The Hall–Kier alpha value is -1.69. The number of hydrogen-bond donors (Lipinski definition) is 1. The number of carboxylic acids is 1. The Bertz CT molecular complexity index is 457. The van der Waals surface area contributed by atoms with Gasteiger partial charge in [0.15, 0.2) is 5.69 Å². The molecule has 1 saturated heterocycles. The van der Waals surface area contributed by atoms with Crippen LogP contribution in [-0.4, -0.2) is 41.4 Å². The van der Waals surface area contributed by atoms with Gasteiger partial charge in [0, 0.05) is 19.2 Å². The number of ether oxygens (including phenoxy) is 1. The highest BCUT2D eigenvalue weighted by atomic mass is 19.1. The van der Waals surface area contributed by atoms with E-state index in [1.165, 1.54) is 6.07 Å². The highest BCUT2D eigenvalue weighted by molar-refractivity contribution is 5.92. The van der Waals surface area contributed by atoms with E-state index >= 15 is 0 Å². The first kappa shape index (κ1) is 12.8. The molecule has 1 aliphatic heterocycles. The molecule has 0 bridgehead atoms. The first-order valence-electron chi connectivity index (χ1n) is 5.76. The number of halogens is 1. The number of pyridine rings is 1. The Kier molecular flexibility index (Phi) is 3.47. The van der Waals surface area contributed by atoms with Crippen LogP contribution >= 0.6 is 0 Å². The van der Waals surface area contributed by atoms with Crippen LogP contribution in [0, 0.1) is 5.82 Å². The molecule has 0 amide bonds. The van der Waals surface area contributed by atoms with Crippen LogP contribution in [-0.2, 0) is 4.74 Å². The van der Waals surface area contributed by atoms with Crippen LogP contribution in [0.15, 0.2) is 12.3 Å². The Labute approximate surface area is 104 Å². The summed E-state index contributed by atoms with van der Waals surface area (Å²) in [5.74, 6) is -1.70. The van der Waals surface area contributed by atoms with Crippen LogP contribution in [0.2, 0.25) is 0 Å². The molecule has 98 valence electrons. The lowest BCUT2D eigenvalue weighted by Gasteiger charge is -2.37. The normalized spacial score (nSPS) is 24.1. The second-order valence-corrected chi connectivity index (χ2v) is 4.49. The molecular weight excluding hydrogens is 239 g/mol. The highest BCUT2D eigenvalue weighted by Crippen LogP contribution is 2.24. The third kappa shape index (κ3) is 2.59. The molecule has 2 unspecified atom stereocenters. The molecule has 0 aliphatic carbocycles. The summed E-state index contributed by atoms with van der Waals surface area (Å²) in [5.41, 5.74) is 0.183. The van der Waals surface area contributed by atoms with Crippen molar-refractivity contribution in [3.63, 3.8) is 0 Å². The highest BCUT2D eigenvalue weighted by Gasteiger charge is 2.26. The summed E-state index contributed by atoms with van der Waals surface area (Å²) in [6.07, 6.45) is 0.859. The minimum absolute atomic E-state index is 0.0290. The zero-order valence-corrected chi connectivity index (χ0v) is 10.3. The van der Waals surface area contributed by atoms with Crippen LogP contribution in [0.3, 0.4) is 0 Å². The number of aromatic carboxylic acids is 1. The van der Waals surface area contributed by atoms with E-state index in [9.17, 15) is 9.18 Å². The molecule has 1 aromatic heterocycles. The molecule has 1 aromatic rings. The summed E-state index contributed by atoms with van der Waals surface area (Å²) in [7, 11) is 0. The molecule has 0 saturated carbocycles. The van der Waals surface area contributed by atoms with Crippen molar-refractivity contribution < 1.29 is 19.0 Å². The number of rotatable bonds is 2. The van der Waals surface area contributed by atoms with Gasteiger partial charge in [-0.3, -0.25) is 0 Å². The fourth-order valence-electron chi connectivity index (χ4n) is 2.21. The Morgan fingerprint density at radius 2 is 2.11 bits per heavy atom. The monoisotopic (exact) mass is 254 g/mol. The summed E-state index contributed by atoms with van der Waals surface area (Å²) < 4.78 is 18.8. The summed E-state index contributed by atoms with van der Waals surface area (Å²) in [6.45, 7) is 4.84. The zero-order valence-electron chi connectivity index (χ0n) is 10.3. The molecule has 1 aliphatic rings. The lowest BCUT2D eigenvalue weighted by molar-refractivity contribution is -0.00536. The van der Waals surface area contributed by atoms with Gasteiger partial charge in [-0.2, -0.15) is 0 Å². The minimum atomic E-state index is -1.16. The first-order chi connectivity index (χ1) is 8.47. The molecule has 2 rings (SSSR count). The lowest BCUT2D eigenvalue weighted by Crippen LogP contribution is -2.46. The first-order valence-corrected chi connectivity index (χ1v) is 5.76. The van der Waals surface area contributed by atoms with Crippen LogP contribution in [0.25, 0.3) is 0 Å². The predicted octanol–water partition coefficient (Wildman–Crippen LogP) is 1.53. The number of morpholine rings is 1. The number of anilines is 1. The Morgan fingerprint density at radius 3 is 2.67 bits per heavy atom. The van der Waals surface area contributed by atoms with Crippen LogP contribution in [0.1, 0.15) is 24.3 Å². The SMILES string of the molecule is CC1CN(c2cc(F)cnc2C(=O)O)CC(C)O1. The van der Waals surface area contributed by atoms with Crippen molar-refractivity contribution in [2.75, 3.05) is 18.0 Å². The van der Waals surface area contributed by atoms with Gasteiger partial charge in [-0.15, -0.1) is 0 Å². The van der Waals surface area contributed by atoms with Crippen molar-refractivity contribution >= 4 is 11.7 Å². The van der Waals surface area contributed by atoms with Crippen molar-refractivity contribution in [3.05, 3.63) is 23.8 Å². The number of hydrogen-bond acceptors (Lipinski definition) is 4. The van der Waals surface area contributed by atoms with E-state index in [2.05, 4.69) is 4.98 Å². The molecule has 2 atom stereocenters. The summed E-state index contributed by atoms with van der Waals surface area (Å²) in [5, 5.41) is 9.08. The molecule has 1 N–H and O–H groups in total. The Morgan fingerprint density at radius 1 is 1.50 bits per heavy atom. The van der Waals surface area contributed by atoms with Crippen molar-refractivity contribution in [1.82, 2.24) is 4.98 Å². The number of nitrogens with zero attached hydrogens (tertiary/aromatic N) is 2. The lowest BCUT2D eigenvalue weighted by atomic mass is 10.2. The van der Waals surface area contributed by atoms with Gasteiger partial charge in [-0.25, -0.2) is 14.2 Å². The van der Waals surface area contributed by atoms with Crippen molar-refractivity contribution in [3.8, 4) is 0 Å². The summed E-state index contributed by atoms with van der Waals surface area (Å²) >= 11 is 0. The fourth-order valence-corrected chi connectivity index (χ4v) is 2.21. The van der Waals surface area contributed by atoms with E-state index in [4.69, 9.17) is 9.84 Å². The quantitative estimate of drug-likeness (QED) is 0.867. The average Bonchev–Trinajstić information content (AvgIpc) is 2.27. The van der Waals surface area contributed by atoms with Gasteiger partial charge in [0.05, 0.1) is 24.1 Å². The van der Waals surface area contributed by atoms with E-state index < -0.39 is 11.8 Å². The van der Waals surface area contributed by atoms with Gasteiger partial charge in [0.2, 0.25) is 0 Å². The third-order valence-corrected chi connectivity index (χ3v) is 2.80. The molecule has 0 aromatic carbocycles. The van der Waals surface area contributed by atoms with Crippen molar-refractivity contribution in [2.24, 2.45) is 0 Å². The van der Waals surface area contributed by atoms with Crippen molar-refractivity contribution in [2.45, 2.75) is 26.1 Å². The predicted molar refractivity (Wildman–Crippen MR) is 63.4 cm³/mol. The van der Waals surface area contributed by atoms with E-state index in [1.54, 1.807) is 4.90 Å². The smallest absolute Gasteiger partial charge is 0.356 e. The second-order valence-electron chi connectivity index (χ2n) is 4.49. The van der Waals surface area contributed by atoms with Gasteiger partial charge >= 0.3 is 5.97 Å². The second kappa shape index (κ2) is 4.89. The maximum atomic E-state index is 13.2. The number of carbonyl (C=O) groups is 1. The standard InChI is InChI=1S/C12H15FN2O3/c1-7-5-15(6-8(2)18-7)10-3-9(13)4-14-11(10)12(16)17/h3-4,7-8H,5-6H2,1-2H3,(H,16,17).